The van der Waals surface area contributed by atoms with Gasteiger partial charge in [-0.2, -0.15) is 0 Å². The maximum absolute atomic E-state index is 5.71. The number of thiophene rings is 1. The Morgan fingerprint density at radius 3 is 2.94 bits per heavy atom. The number of hydrogen-bond donors (Lipinski definition) is 1. The van der Waals surface area contributed by atoms with Crippen molar-refractivity contribution in [2.24, 2.45) is 5.73 Å². The molecule has 0 atom stereocenters. The molecule has 0 amide bonds. The van der Waals surface area contributed by atoms with Crippen LogP contribution in [0.2, 0.25) is 0 Å². The van der Waals surface area contributed by atoms with Crippen LogP contribution in [0.1, 0.15) is 16.3 Å². The van der Waals surface area contributed by atoms with Gasteiger partial charge in [-0.05, 0) is 23.6 Å². The van der Waals surface area contributed by atoms with E-state index in [4.69, 9.17) is 5.73 Å². The van der Waals surface area contributed by atoms with E-state index in [1.165, 1.54) is 4.88 Å². The molecule has 3 nitrogen and oxygen atoms in total. The minimum atomic E-state index is 0.534. The number of aromatic nitrogens is 2. The normalized spacial score (nSPS) is 11.1. The summed E-state index contributed by atoms with van der Waals surface area (Å²) >= 11 is 1.76. The Balaban J connectivity index is 2.02. The quantitative estimate of drug-likeness (QED) is 0.768. The minimum Gasteiger partial charge on any atom is -0.325 e. The Kier molecular flexibility index (Phi) is 2.66. The van der Waals surface area contributed by atoms with Gasteiger partial charge in [0.25, 0.3) is 0 Å². The molecule has 17 heavy (non-hydrogen) atoms. The predicted octanol–water partition coefficient (Wildman–Crippen LogP) is 2.45. The fraction of sp³-hybridized carbons (Fsp3) is 0.154. The lowest BCUT2D eigenvalue weighted by molar-refractivity contribution is 0.944. The summed E-state index contributed by atoms with van der Waals surface area (Å²) in [5.74, 6) is 0. The lowest BCUT2D eigenvalue weighted by atomic mass is 10.3. The van der Waals surface area contributed by atoms with Crippen LogP contribution >= 0.6 is 11.3 Å². The lowest BCUT2D eigenvalue weighted by Crippen LogP contribution is -2.02. The lowest BCUT2D eigenvalue weighted by Gasteiger charge is -1.99. The van der Waals surface area contributed by atoms with Crippen molar-refractivity contribution in [1.29, 1.82) is 0 Å². The van der Waals surface area contributed by atoms with Crippen LogP contribution in [0.15, 0.2) is 41.9 Å². The summed E-state index contributed by atoms with van der Waals surface area (Å²) in [7, 11) is 0. The zero-order chi connectivity index (χ0) is 11.7. The summed E-state index contributed by atoms with van der Waals surface area (Å²) in [5, 5.41) is 2.09. The molecule has 3 heterocycles. The van der Waals surface area contributed by atoms with E-state index in [9.17, 15) is 0 Å². The third kappa shape index (κ3) is 1.97. The number of imidazole rings is 1. The van der Waals surface area contributed by atoms with Crippen molar-refractivity contribution in [3.8, 4) is 0 Å². The standard InChI is InChI=1S/C13H13N3S/c14-8-11-3-1-5-13-15-10(9-16(11)13)7-12-4-2-6-17-12/h1-6,9H,7-8,14H2. The van der Waals surface area contributed by atoms with Crippen LogP contribution in [0.4, 0.5) is 0 Å². The van der Waals surface area contributed by atoms with Crippen molar-refractivity contribution in [2.75, 3.05) is 0 Å². The molecule has 86 valence electrons. The second-order valence-electron chi connectivity index (χ2n) is 3.94. The first-order valence-corrected chi connectivity index (χ1v) is 6.43. The summed E-state index contributed by atoms with van der Waals surface area (Å²) in [5.41, 5.74) is 8.87. The first-order chi connectivity index (χ1) is 8.36. The Bertz CT molecular complexity index is 625. The van der Waals surface area contributed by atoms with Crippen molar-refractivity contribution in [3.63, 3.8) is 0 Å². The second-order valence-corrected chi connectivity index (χ2v) is 4.97. The van der Waals surface area contributed by atoms with E-state index < -0.39 is 0 Å². The van der Waals surface area contributed by atoms with Gasteiger partial charge in [0, 0.05) is 29.7 Å². The Morgan fingerprint density at radius 1 is 1.24 bits per heavy atom. The average Bonchev–Trinajstić information content (AvgIpc) is 2.97. The van der Waals surface area contributed by atoms with Crippen molar-refractivity contribution in [2.45, 2.75) is 13.0 Å². The van der Waals surface area contributed by atoms with Gasteiger partial charge < -0.3 is 10.1 Å². The van der Waals surface area contributed by atoms with Crippen LogP contribution in [-0.2, 0) is 13.0 Å². The number of nitrogens with two attached hydrogens (primary N) is 1. The van der Waals surface area contributed by atoms with E-state index in [1.807, 2.05) is 18.2 Å². The molecular weight excluding hydrogens is 230 g/mol. The fourth-order valence-electron chi connectivity index (χ4n) is 1.96. The third-order valence-corrected chi connectivity index (χ3v) is 3.65. The molecule has 0 aliphatic carbocycles. The van der Waals surface area contributed by atoms with Crippen LogP contribution in [0, 0.1) is 0 Å². The molecular formula is C13H13N3S. The molecule has 0 aliphatic rings. The van der Waals surface area contributed by atoms with Crippen molar-refractivity contribution in [1.82, 2.24) is 9.38 Å². The van der Waals surface area contributed by atoms with E-state index in [-0.39, 0.29) is 0 Å². The number of hydrogen-bond acceptors (Lipinski definition) is 3. The molecule has 0 saturated carbocycles. The number of fused-ring (bicyclic) bond motifs is 1. The van der Waals surface area contributed by atoms with Gasteiger partial charge in [-0.25, -0.2) is 4.98 Å². The summed E-state index contributed by atoms with van der Waals surface area (Å²) in [4.78, 5) is 5.95. The van der Waals surface area contributed by atoms with Crippen LogP contribution in [0.25, 0.3) is 5.65 Å². The van der Waals surface area contributed by atoms with Crippen molar-refractivity contribution >= 4 is 17.0 Å². The highest BCUT2D eigenvalue weighted by atomic mass is 32.1. The molecule has 0 aromatic carbocycles. The largest absolute Gasteiger partial charge is 0.325 e. The number of nitrogens with zero attached hydrogens (tertiary/aromatic N) is 2. The molecule has 0 fully saturated rings. The highest BCUT2D eigenvalue weighted by Crippen LogP contribution is 2.16. The molecule has 3 aromatic heterocycles. The maximum atomic E-state index is 5.71. The molecule has 3 rings (SSSR count). The summed E-state index contributed by atoms with van der Waals surface area (Å²) < 4.78 is 2.07. The Labute approximate surface area is 104 Å². The summed E-state index contributed by atoms with van der Waals surface area (Å²) in [6.07, 6.45) is 2.97. The zero-order valence-electron chi connectivity index (χ0n) is 9.34. The van der Waals surface area contributed by atoms with Gasteiger partial charge in [0.05, 0.1) is 5.69 Å². The van der Waals surface area contributed by atoms with E-state index in [0.717, 1.165) is 23.5 Å². The average molecular weight is 243 g/mol. The van der Waals surface area contributed by atoms with E-state index in [1.54, 1.807) is 11.3 Å². The molecule has 0 unspecified atom stereocenters. The third-order valence-electron chi connectivity index (χ3n) is 2.77. The number of rotatable bonds is 3. The molecule has 3 aromatic rings. The highest BCUT2D eigenvalue weighted by Gasteiger charge is 2.05. The van der Waals surface area contributed by atoms with E-state index in [2.05, 4.69) is 33.1 Å². The zero-order valence-corrected chi connectivity index (χ0v) is 10.2. The molecule has 0 aliphatic heterocycles. The van der Waals surface area contributed by atoms with Crippen LogP contribution in [-0.4, -0.2) is 9.38 Å². The van der Waals surface area contributed by atoms with Crippen molar-refractivity contribution in [3.05, 3.63) is 58.2 Å². The van der Waals surface area contributed by atoms with E-state index in [0.29, 0.717) is 6.54 Å². The molecule has 2 N–H and O–H groups in total. The molecule has 0 saturated heterocycles. The monoisotopic (exact) mass is 243 g/mol. The maximum Gasteiger partial charge on any atom is 0.137 e. The van der Waals surface area contributed by atoms with Crippen LogP contribution < -0.4 is 5.73 Å². The summed E-state index contributed by atoms with van der Waals surface area (Å²) in [6, 6.07) is 10.2. The molecule has 4 heteroatoms. The van der Waals surface area contributed by atoms with Gasteiger partial charge >= 0.3 is 0 Å². The Morgan fingerprint density at radius 2 is 2.18 bits per heavy atom. The SMILES string of the molecule is NCc1cccc2nc(Cc3cccs3)cn12. The Hall–Kier alpha value is -1.65. The molecule has 0 radical (unpaired) electrons. The van der Waals surface area contributed by atoms with Gasteiger partial charge in [-0.1, -0.05) is 12.1 Å². The molecule has 0 bridgehead atoms. The van der Waals surface area contributed by atoms with Crippen LogP contribution in [0.3, 0.4) is 0 Å². The minimum absolute atomic E-state index is 0.534. The van der Waals surface area contributed by atoms with Gasteiger partial charge in [0.2, 0.25) is 0 Å². The van der Waals surface area contributed by atoms with E-state index >= 15 is 0 Å². The molecule has 0 spiro atoms. The first kappa shape index (κ1) is 10.5. The second kappa shape index (κ2) is 4.31. The highest BCUT2D eigenvalue weighted by molar-refractivity contribution is 7.09. The first-order valence-electron chi connectivity index (χ1n) is 5.55. The van der Waals surface area contributed by atoms with Gasteiger partial charge in [-0.15, -0.1) is 11.3 Å². The topological polar surface area (TPSA) is 43.3 Å². The van der Waals surface area contributed by atoms with Crippen LogP contribution in [0.5, 0.6) is 0 Å². The smallest absolute Gasteiger partial charge is 0.137 e. The predicted molar refractivity (Wildman–Crippen MR) is 70.2 cm³/mol. The van der Waals surface area contributed by atoms with Crippen molar-refractivity contribution < 1.29 is 0 Å². The van der Waals surface area contributed by atoms with Gasteiger partial charge in [-0.3, -0.25) is 0 Å². The fourth-order valence-corrected chi connectivity index (χ4v) is 2.68. The van der Waals surface area contributed by atoms with Gasteiger partial charge in [0.15, 0.2) is 0 Å². The van der Waals surface area contributed by atoms with Gasteiger partial charge in [0.1, 0.15) is 5.65 Å². The summed E-state index contributed by atoms with van der Waals surface area (Å²) in [6.45, 7) is 0.534. The number of pyridine rings is 1.